The average Bonchev–Trinajstić information content (AvgIpc) is 2.31. The Balaban J connectivity index is 0. The molecule has 0 aliphatic heterocycles. The molecule has 0 spiro atoms. The Kier molecular flexibility index (Phi) is 8.07. The van der Waals surface area contributed by atoms with Gasteiger partial charge in [-0.05, 0) is 31.5 Å². The van der Waals surface area contributed by atoms with Gasteiger partial charge in [-0.25, -0.2) is 0 Å². The van der Waals surface area contributed by atoms with Crippen LogP contribution in [0.2, 0.25) is 5.02 Å². The van der Waals surface area contributed by atoms with Gasteiger partial charge < -0.3 is 6.74 Å². The molecule has 1 aliphatic rings. The minimum atomic E-state index is -0.559. The molecule has 0 amide bonds. The van der Waals surface area contributed by atoms with Gasteiger partial charge in [-0.1, -0.05) is 36.2 Å². The fourth-order valence-electron chi connectivity index (χ4n) is 2.52. The molecule has 2 nitrogen and oxygen atoms in total. The van der Waals surface area contributed by atoms with Crippen molar-refractivity contribution in [2.45, 2.75) is 31.2 Å². The Morgan fingerprint density at radius 1 is 1.33 bits per heavy atom. The van der Waals surface area contributed by atoms with E-state index in [-0.39, 0.29) is 49.2 Å². The predicted molar refractivity (Wildman–Crippen MR) is 74.0 cm³/mol. The number of carbonyl (C=O) groups excluding carboxylic acids is 1. The summed E-state index contributed by atoms with van der Waals surface area (Å²) in [6, 6.07) is 7.62. The van der Waals surface area contributed by atoms with Crippen LogP contribution in [0.4, 0.5) is 0 Å². The summed E-state index contributed by atoms with van der Waals surface area (Å²) in [5.41, 5.74) is 0.361. The Morgan fingerprint density at radius 2 is 2.00 bits per heavy atom. The molecule has 96 valence electrons. The van der Waals surface area contributed by atoms with E-state index in [0.29, 0.717) is 11.4 Å². The minimum Gasteiger partial charge on any atom is -1.00 e. The maximum absolute atomic E-state index is 12.2. The van der Waals surface area contributed by atoms with Gasteiger partial charge in [0.2, 0.25) is 0 Å². The monoisotopic (exact) mass is 297 g/mol. The van der Waals surface area contributed by atoms with Crippen LogP contribution in [0.15, 0.2) is 24.3 Å². The molecule has 0 saturated heterocycles. The Hall–Kier alpha value is 0.430. The minimum absolute atomic E-state index is 0. The van der Waals surface area contributed by atoms with Crippen LogP contribution in [-0.2, 0) is 10.3 Å². The molecule has 0 bridgehead atoms. The number of ketones is 1. The topological polar surface area (TPSA) is 29.1 Å². The molecule has 1 atom stereocenters. The van der Waals surface area contributed by atoms with Gasteiger partial charge in [-0.3, -0.25) is 4.79 Å². The largest absolute Gasteiger partial charge is 1.00 e. The number of hydrogen-bond acceptors (Lipinski definition) is 2. The van der Waals surface area contributed by atoms with Gasteiger partial charge in [0.05, 0.1) is 0 Å². The molecule has 1 fully saturated rings. The van der Waals surface area contributed by atoms with E-state index in [1.54, 1.807) is 0 Å². The third kappa shape index (κ3) is 3.30. The Labute approximate surface area is 143 Å². The van der Waals surface area contributed by atoms with Crippen molar-refractivity contribution < 1.29 is 35.8 Å². The molecule has 1 saturated carbocycles. The van der Waals surface area contributed by atoms with Crippen molar-refractivity contribution in [1.29, 1.82) is 0 Å². The van der Waals surface area contributed by atoms with E-state index in [4.69, 9.17) is 11.6 Å². The standard InChI is InChI=1S/C13H16ClNO.ClH.Na.H/c1-15-13(9-5-4-8-12(13)16)10-6-2-3-7-11(10)14;;;/h2-3,6-7,15H,4-5,8-9H2,1H3;1H;;/q;;+1;-1. The van der Waals surface area contributed by atoms with Gasteiger partial charge in [0.15, 0.2) is 5.78 Å². The smallest absolute Gasteiger partial charge is 1.00 e. The van der Waals surface area contributed by atoms with E-state index < -0.39 is 5.54 Å². The third-order valence-corrected chi connectivity index (χ3v) is 3.77. The van der Waals surface area contributed by atoms with Crippen molar-refractivity contribution in [2.75, 3.05) is 7.05 Å². The predicted octanol–water partition coefficient (Wildman–Crippen LogP) is 0.436. The second-order valence-electron chi connectivity index (χ2n) is 4.27. The van der Waals surface area contributed by atoms with Gasteiger partial charge in [-0.15, -0.1) is 12.4 Å². The first-order valence-corrected chi connectivity index (χ1v) is 6.06. The molecule has 0 radical (unpaired) electrons. The fraction of sp³-hybridized carbons (Fsp3) is 0.462. The van der Waals surface area contributed by atoms with E-state index in [0.717, 1.165) is 24.8 Å². The number of Topliss-reactive ketones (excluding diaryl/α,β-unsaturated/α-hetero) is 1. The number of carbonyl (C=O) groups is 1. The molecule has 1 N–H and O–H groups in total. The molecule has 1 aliphatic carbocycles. The normalized spacial score (nSPS) is 22.9. The molecule has 1 unspecified atom stereocenters. The van der Waals surface area contributed by atoms with Gasteiger partial charge in [0.1, 0.15) is 5.54 Å². The van der Waals surface area contributed by atoms with Gasteiger partial charge in [-0.2, -0.15) is 0 Å². The van der Waals surface area contributed by atoms with Crippen LogP contribution in [0.5, 0.6) is 0 Å². The number of likely N-dealkylation sites (N-methyl/N-ethyl adjacent to an activating group) is 1. The third-order valence-electron chi connectivity index (χ3n) is 3.44. The molecule has 1 aromatic carbocycles. The summed E-state index contributed by atoms with van der Waals surface area (Å²) >= 11 is 6.20. The number of rotatable bonds is 2. The maximum Gasteiger partial charge on any atom is 1.00 e. The van der Waals surface area contributed by atoms with Crippen LogP contribution in [0.1, 0.15) is 32.7 Å². The molecule has 18 heavy (non-hydrogen) atoms. The van der Waals surface area contributed by atoms with E-state index in [1.165, 1.54) is 0 Å². The van der Waals surface area contributed by atoms with E-state index >= 15 is 0 Å². The molecule has 1 aromatic rings. The van der Waals surface area contributed by atoms with Crippen LogP contribution in [-0.4, -0.2) is 12.8 Å². The first-order chi connectivity index (χ1) is 7.70. The van der Waals surface area contributed by atoms with E-state index in [2.05, 4.69) is 5.32 Å². The van der Waals surface area contributed by atoms with Gasteiger partial charge in [0, 0.05) is 11.4 Å². The van der Waals surface area contributed by atoms with Crippen molar-refractivity contribution in [1.82, 2.24) is 5.32 Å². The van der Waals surface area contributed by atoms with E-state index in [1.807, 2.05) is 31.3 Å². The van der Waals surface area contributed by atoms with E-state index in [9.17, 15) is 4.79 Å². The number of nitrogens with one attached hydrogen (secondary N) is 1. The molecular weight excluding hydrogens is 280 g/mol. The van der Waals surface area contributed by atoms with Crippen LogP contribution in [0.25, 0.3) is 0 Å². The first kappa shape index (κ1) is 18.4. The molecule has 5 heteroatoms. The molecule has 2 rings (SSSR count). The second kappa shape index (κ2) is 7.88. The first-order valence-electron chi connectivity index (χ1n) is 5.68. The summed E-state index contributed by atoms with van der Waals surface area (Å²) in [7, 11) is 1.84. The van der Waals surface area contributed by atoms with Crippen molar-refractivity contribution in [3.05, 3.63) is 34.9 Å². The summed E-state index contributed by atoms with van der Waals surface area (Å²) in [4.78, 5) is 12.2. The maximum atomic E-state index is 12.2. The summed E-state index contributed by atoms with van der Waals surface area (Å²) in [6.07, 6.45) is 3.54. The number of hydrogen-bond donors (Lipinski definition) is 1. The van der Waals surface area contributed by atoms with Crippen molar-refractivity contribution in [3.63, 3.8) is 0 Å². The number of halogens is 2. The Morgan fingerprint density at radius 3 is 2.56 bits per heavy atom. The fourth-order valence-corrected chi connectivity index (χ4v) is 2.82. The van der Waals surface area contributed by atoms with Crippen molar-refractivity contribution in [2.24, 2.45) is 0 Å². The SMILES string of the molecule is CNC1(c2ccccc2Cl)CCCCC1=O.Cl.[H-].[Na+]. The van der Waals surface area contributed by atoms with Gasteiger partial charge in [0.25, 0.3) is 0 Å². The zero-order chi connectivity index (χ0) is 11.6. The van der Waals surface area contributed by atoms with Crippen molar-refractivity contribution in [3.8, 4) is 0 Å². The summed E-state index contributed by atoms with van der Waals surface area (Å²) in [6.45, 7) is 0. The van der Waals surface area contributed by atoms with Crippen LogP contribution >= 0.6 is 24.0 Å². The molecular formula is C13H18Cl2NNaO. The molecule has 0 heterocycles. The quantitative estimate of drug-likeness (QED) is 0.803. The van der Waals surface area contributed by atoms with Crippen LogP contribution in [0, 0.1) is 0 Å². The average molecular weight is 298 g/mol. The summed E-state index contributed by atoms with van der Waals surface area (Å²) in [5, 5.41) is 3.86. The number of benzene rings is 1. The summed E-state index contributed by atoms with van der Waals surface area (Å²) < 4.78 is 0. The summed E-state index contributed by atoms with van der Waals surface area (Å²) in [5.74, 6) is 0.259. The van der Waals surface area contributed by atoms with Gasteiger partial charge >= 0.3 is 29.6 Å². The van der Waals surface area contributed by atoms with Crippen molar-refractivity contribution >= 4 is 29.8 Å². The van der Waals surface area contributed by atoms with Crippen LogP contribution < -0.4 is 34.9 Å². The second-order valence-corrected chi connectivity index (χ2v) is 4.67. The van der Waals surface area contributed by atoms with Crippen LogP contribution in [0.3, 0.4) is 0 Å². The molecule has 0 aromatic heterocycles. The Bertz CT molecular complexity index is 419. The zero-order valence-electron chi connectivity index (χ0n) is 11.8. The zero-order valence-corrected chi connectivity index (χ0v) is 14.4.